The van der Waals surface area contributed by atoms with Crippen molar-refractivity contribution in [1.29, 1.82) is 0 Å². The van der Waals surface area contributed by atoms with Crippen molar-refractivity contribution in [2.75, 3.05) is 42.6 Å². The monoisotopic (exact) mass is 467 g/mol. The molecule has 0 bridgehead atoms. The molecule has 0 saturated heterocycles. The Labute approximate surface area is 194 Å². The van der Waals surface area contributed by atoms with Crippen molar-refractivity contribution >= 4 is 51.8 Å². The zero-order valence-electron chi connectivity index (χ0n) is 17.8. The van der Waals surface area contributed by atoms with Crippen molar-refractivity contribution in [1.82, 2.24) is 19.5 Å². The van der Waals surface area contributed by atoms with E-state index in [9.17, 15) is 4.79 Å². The molecule has 33 heavy (non-hydrogen) atoms. The Bertz CT molecular complexity index is 1280. The first-order valence-corrected chi connectivity index (χ1v) is 10.6. The third kappa shape index (κ3) is 5.30. The van der Waals surface area contributed by atoms with Crippen molar-refractivity contribution < 1.29 is 14.3 Å². The van der Waals surface area contributed by atoms with Gasteiger partial charge in [-0.15, -0.1) is 11.6 Å². The predicted octanol–water partition coefficient (Wildman–Crippen LogP) is 3.34. The molecule has 10 nitrogen and oxygen atoms in total. The van der Waals surface area contributed by atoms with Crippen LogP contribution in [0.2, 0.25) is 0 Å². The van der Waals surface area contributed by atoms with Crippen LogP contribution in [0.4, 0.5) is 23.1 Å². The van der Waals surface area contributed by atoms with E-state index in [-0.39, 0.29) is 17.6 Å². The molecule has 4 rings (SSSR count). The lowest BCUT2D eigenvalue weighted by atomic mass is 10.2. The molecule has 2 aromatic carbocycles. The maximum Gasteiger partial charge on any atom is 0.239 e. The lowest BCUT2D eigenvalue weighted by Gasteiger charge is -2.10. The van der Waals surface area contributed by atoms with Crippen LogP contribution in [0.1, 0.15) is 0 Å². The van der Waals surface area contributed by atoms with Crippen LogP contribution >= 0.6 is 11.6 Å². The van der Waals surface area contributed by atoms with Gasteiger partial charge in [-0.2, -0.15) is 9.97 Å². The molecule has 0 fully saturated rings. The molecular formula is C22H22ClN7O3. The highest BCUT2D eigenvalue weighted by Gasteiger charge is 2.13. The maximum absolute atomic E-state index is 11.6. The molecule has 0 aliphatic carbocycles. The fourth-order valence-electron chi connectivity index (χ4n) is 3.13. The summed E-state index contributed by atoms with van der Waals surface area (Å²) in [6, 6.07) is 14.6. The summed E-state index contributed by atoms with van der Waals surface area (Å²) in [5.41, 5.74) is 9.20. The number of carbonyl (C=O) groups excluding carboxylic acids is 1. The minimum Gasteiger partial charge on any atom is -0.491 e. The van der Waals surface area contributed by atoms with Crippen molar-refractivity contribution in [2.45, 2.75) is 0 Å². The second-order valence-corrected chi connectivity index (χ2v) is 7.21. The zero-order chi connectivity index (χ0) is 23.2. The normalized spacial score (nSPS) is 10.8. The number of benzene rings is 2. The highest BCUT2D eigenvalue weighted by molar-refractivity contribution is 6.29. The molecular weight excluding hydrogens is 446 g/mol. The van der Waals surface area contributed by atoms with E-state index in [0.29, 0.717) is 41.8 Å². The minimum atomic E-state index is -0.296. The van der Waals surface area contributed by atoms with Gasteiger partial charge < -0.3 is 25.8 Å². The lowest BCUT2D eigenvalue weighted by Crippen LogP contribution is -2.12. The summed E-state index contributed by atoms with van der Waals surface area (Å²) in [6.07, 6.45) is 1.60. The number of nitrogen functional groups attached to an aromatic ring is 1. The Morgan fingerprint density at radius 3 is 2.76 bits per heavy atom. The molecule has 1 amide bonds. The molecule has 0 unspecified atom stereocenters. The number of imidazole rings is 1. The number of amides is 1. The first-order valence-electron chi connectivity index (χ1n) is 10.0. The molecule has 2 heterocycles. The van der Waals surface area contributed by atoms with Crippen LogP contribution in [0, 0.1) is 0 Å². The van der Waals surface area contributed by atoms with Crippen molar-refractivity contribution in [2.24, 2.45) is 0 Å². The molecule has 4 N–H and O–H groups in total. The summed E-state index contributed by atoms with van der Waals surface area (Å²) in [6.45, 7) is 0.938. The van der Waals surface area contributed by atoms with Gasteiger partial charge in [-0.25, -0.2) is 4.98 Å². The molecule has 170 valence electrons. The second kappa shape index (κ2) is 10.2. The minimum absolute atomic E-state index is 0.129. The van der Waals surface area contributed by atoms with Crippen LogP contribution in [0.5, 0.6) is 5.75 Å². The van der Waals surface area contributed by atoms with Gasteiger partial charge in [0.25, 0.3) is 0 Å². The Balaban J connectivity index is 1.63. The van der Waals surface area contributed by atoms with E-state index >= 15 is 0 Å². The SMILES string of the molecule is COCCOc1cccc(Nc2nc(N)c3ncn(-c4cccc(NC(=O)CCl)c4)c3n2)c1. The Kier molecular flexibility index (Phi) is 6.86. The number of hydrogen-bond acceptors (Lipinski definition) is 8. The first-order chi connectivity index (χ1) is 16.1. The van der Waals surface area contributed by atoms with Gasteiger partial charge in [0.2, 0.25) is 11.9 Å². The van der Waals surface area contributed by atoms with Crippen molar-refractivity contribution in [3.63, 3.8) is 0 Å². The number of ether oxygens (including phenoxy) is 2. The number of hydrogen-bond donors (Lipinski definition) is 3. The van der Waals surface area contributed by atoms with Gasteiger partial charge in [-0.05, 0) is 30.3 Å². The summed E-state index contributed by atoms with van der Waals surface area (Å²) in [5, 5.41) is 5.88. The lowest BCUT2D eigenvalue weighted by molar-refractivity contribution is -0.113. The average molecular weight is 468 g/mol. The van der Waals surface area contributed by atoms with Crippen LogP contribution in [0.15, 0.2) is 54.9 Å². The standard InChI is InChI=1S/C22H22ClN7O3/c1-32-8-9-33-17-7-3-5-15(11-17)27-22-28-20(24)19-21(29-22)30(13-25-19)16-6-2-4-14(10-16)26-18(31)12-23/h2-7,10-11,13H,8-9,12H2,1H3,(H,26,31)(H3,24,27,28,29). The Morgan fingerprint density at radius 2 is 1.94 bits per heavy atom. The molecule has 2 aromatic heterocycles. The number of aromatic nitrogens is 4. The fourth-order valence-corrected chi connectivity index (χ4v) is 3.20. The van der Waals surface area contributed by atoms with E-state index in [4.69, 9.17) is 26.8 Å². The van der Waals surface area contributed by atoms with E-state index in [2.05, 4.69) is 25.6 Å². The van der Waals surface area contributed by atoms with E-state index in [1.807, 2.05) is 36.4 Å². The van der Waals surface area contributed by atoms with Crippen LogP contribution in [0.3, 0.4) is 0 Å². The topological polar surface area (TPSA) is 129 Å². The van der Waals surface area contributed by atoms with Crippen LogP contribution in [-0.2, 0) is 9.53 Å². The van der Waals surface area contributed by atoms with Gasteiger partial charge in [0.05, 0.1) is 12.3 Å². The van der Waals surface area contributed by atoms with Crippen molar-refractivity contribution in [3.05, 3.63) is 54.9 Å². The average Bonchev–Trinajstić information content (AvgIpc) is 3.24. The molecule has 4 aromatic rings. The summed E-state index contributed by atoms with van der Waals surface area (Å²) in [7, 11) is 1.62. The first kappa shape index (κ1) is 22.3. The number of nitrogens with one attached hydrogen (secondary N) is 2. The van der Waals surface area contributed by atoms with Gasteiger partial charge in [-0.1, -0.05) is 12.1 Å². The Morgan fingerprint density at radius 1 is 1.12 bits per heavy atom. The quantitative estimate of drug-likeness (QED) is 0.252. The maximum atomic E-state index is 11.6. The van der Waals surface area contributed by atoms with E-state index in [1.54, 1.807) is 30.1 Å². The van der Waals surface area contributed by atoms with E-state index in [0.717, 1.165) is 11.4 Å². The summed E-state index contributed by atoms with van der Waals surface area (Å²) in [4.78, 5) is 24.9. The summed E-state index contributed by atoms with van der Waals surface area (Å²) < 4.78 is 12.4. The zero-order valence-corrected chi connectivity index (χ0v) is 18.5. The third-order valence-electron chi connectivity index (χ3n) is 4.60. The number of methoxy groups -OCH3 is 1. The number of rotatable bonds is 9. The van der Waals surface area contributed by atoms with Gasteiger partial charge in [0.15, 0.2) is 17.0 Å². The van der Waals surface area contributed by atoms with Gasteiger partial charge in [-0.3, -0.25) is 9.36 Å². The second-order valence-electron chi connectivity index (χ2n) is 6.95. The number of alkyl halides is 1. The van der Waals surface area contributed by atoms with Gasteiger partial charge in [0, 0.05) is 24.6 Å². The number of nitrogens with zero attached hydrogens (tertiary/aromatic N) is 4. The molecule has 0 spiro atoms. The predicted molar refractivity (Wildman–Crippen MR) is 128 cm³/mol. The van der Waals surface area contributed by atoms with E-state index < -0.39 is 0 Å². The highest BCUT2D eigenvalue weighted by atomic mass is 35.5. The molecule has 0 saturated carbocycles. The number of carbonyl (C=O) groups is 1. The van der Waals surface area contributed by atoms with Gasteiger partial charge >= 0.3 is 0 Å². The van der Waals surface area contributed by atoms with Crippen LogP contribution in [-0.4, -0.2) is 51.6 Å². The number of fused-ring (bicyclic) bond motifs is 1. The number of nitrogens with two attached hydrogens (primary N) is 1. The summed E-state index contributed by atoms with van der Waals surface area (Å²) >= 11 is 5.58. The Hall–Kier alpha value is -3.89. The number of halogens is 1. The molecule has 0 aliphatic rings. The number of anilines is 4. The largest absolute Gasteiger partial charge is 0.491 e. The highest BCUT2D eigenvalue weighted by Crippen LogP contribution is 2.25. The third-order valence-corrected chi connectivity index (χ3v) is 4.84. The van der Waals surface area contributed by atoms with Crippen LogP contribution < -0.4 is 21.1 Å². The smallest absolute Gasteiger partial charge is 0.239 e. The fraction of sp³-hybridized carbons (Fsp3) is 0.182. The molecule has 0 aliphatic heterocycles. The molecule has 0 atom stereocenters. The molecule has 11 heteroatoms. The molecule has 0 radical (unpaired) electrons. The van der Waals surface area contributed by atoms with Crippen LogP contribution in [0.25, 0.3) is 16.9 Å². The van der Waals surface area contributed by atoms with E-state index in [1.165, 1.54) is 0 Å². The van der Waals surface area contributed by atoms with Gasteiger partial charge in [0.1, 0.15) is 24.6 Å². The summed E-state index contributed by atoms with van der Waals surface area (Å²) in [5.74, 6) is 0.806. The van der Waals surface area contributed by atoms with Crippen molar-refractivity contribution in [3.8, 4) is 11.4 Å².